The van der Waals surface area contributed by atoms with E-state index < -0.39 is 0 Å². The summed E-state index contributed by atoms with van der Waals surface area (Å²) in [5.41, 5.74) is 6.90. The molecule has 2 aliphatic carbocycles. The van der Waals surface area contributed by atoms with Gasteiger partial charge in [0.05, 0.1) is 6.04 Å². The summed E-state index contributed by atoms with van der Waals surface area (Å²) in [7, 11) is 0. The smallest absolute Gasteiger partial charge is 0.220 e. The third-order valence-corrected chi connectivity index (χ3v) is 5.10. The minimum absolute atomic E-state index is 0.0534. The van der Waals surface area contributed by atoms with Crippen molar-refractivity contribution in [3.63, 3.8) is 0 Å². The second-order valence-electron chi connectivity index (χ2n) is 6.41. The van der Waals surface area contributed by atoms with Crippen LogP contribution in [0.2, 0.25) is 0 Å². The number of nitrogens with one attached hydrogen (secondary N) is 1. The van der Waals surface area contributed by atoms with E-state index in [4.69, 9.17) is 5.73 Å². The van der Waals surface area contributed by atoms with Crippen molar-refractivity contribution in [3.8, 4) is 0 Å². The monoisotopic (exact) mass is 272 g/mol. The van der Waals surface area contributed by atoms with Crippen molar-refractivity contribution in [2.45, 2.75) is 38.1 Å². The first-order valence-corrected chi connectivity index (χ1v) is 7.80. The lowest BCUT2D eigenvalue weighted by molar-refractivity contribution is -0.123. The molecule has 0 saturated heterocycles. The van der Waals surface area contributed by atoms with Gasteiger partial charge in [0, 0.05) is 13.0 Å². The number of hydrogen-bond acceptors (Lipinski definition) is 2. The van der Waals surface area contributed by atoms with Gasteiger partial charge in [0.15, 0.2) is 0 Å². The molecule has 3 N–H and O–H groups in total. The molecule has 3 nitrogen and oxygen atoms in total. The maximum atomic E-state index is 12.3. The first-order chi connectivity index (χ1) is 9.76. The fourth-order valence-corrected chi connectivity index (χ4v) is 4.08. The molecule has 4 unspecified atom stereocenters. The molecule has 2 fully saturated rings. The number of amides is 1. The van der Waals surface area contributed by atoms with E-state index in [9.17, 15) is 4.79 Å². The topological polar surface area (TPSA) is 55.1 Å². The fourth-order valence-electron chi connectivity index (χ4n) is 4.08. The maximum absolute atomic E-state index is 12.3. The van der Waals surface area contributed by atoms with E-state index in [1.807, 2.05) is 30.3 Å². The van der Waals surface area contributed by atoms with E-state index in [-0.39, 0.29) is 11.9 Å². The summed E-state index contributed by atoms with van der Waals surface area (Å²) in [6.45, 7) is 0.451. The largest absolute Gasteiger partial charge is 0.348 e. The predicted octanol–water partition coefficient (Wildman–Crippen LogP) is 2.63. The van der Waals surface area contributed by atoms with Gasteiger partial charge in [-0.1, -0.05) is 36.8 Å². The van der Waals surface area contributed by atoms with Crippen LogP contribution in [0.3, 0.4) is 0 Å². The molecule has 0 aromatic heterocycles. The van der Waals surface area contributed by atoms with E-state index in [1.165, 1.54) is 25.7 Å². The second kappa shape index (κ2) is 5.96. The van der Waals surface area contributed by atoms with Crippen LogP contribution in [0.5, 0.6) is 0 Å². The molecule has 20 heavy (non-hydrogen) atoms. The highest BCUT2D eigenvalue weighted by Gasteiger charge is 2.40. The molecule has 0 heterocycles. The third kappa shape index (κ3) is 2.88. The Balaban J connectivity index is 1.55. The van der Waals surface area contributed by atoms with Crippen LogP contribution in [0.1, 0.15) is 43.7 Å². The number of fused-ring (bicyclic) bond motifs is 2. The van der Waals surface area contributed by atoms with Crippen LogP contribution < -0.4 is 11.1 Å². The lowest BCUT2D eigenvalue weighted by Crippen LogP contribution is -2.34. The molecule has 2 bridgehead atoms. The highest BCUT2D eigenvalue weighted by atomic mass is 16.1. The Hall–Kier alpha value is -1.35. The first-order valence-electron chi connectivity index (χ1n) is 7.80. The van der Waals surface area contributed by atoms with Gasteiger partial charge < -0.3 is 11.1 Å². The average molecular weight is 272 g/mol. The molecule has 1 aromatic carbocycles. The predicted molar refractivity (Wildman–Crippen MR) is 79.9 cm³/mol. The Morgan fingerprint density at radius 2 is 2.05 bits per heavy atom. The van der Waals surface area contributed by atoms with E-state index in [2.05, 4.69) is 5.32 Å². The van der Waals surface area contributed by atoms with Gasteiger partial charge in [0.1, 0.15) is 0 Å². The molecule has 1 aromatic rings. The van der Waals surface area contributed by atoms with Crippen LogP contribution >= 0.6 is 0 Å². The fraction of sp³-hybridized carbons (Fsp3) is 0.588. The SMILES string of the molecule is NCC(NC(=O)CC1CC2CCC1C2)c1ccccc1. The van der Waals surface area contributed by atoms with Crippen LogP contribution in [0.4, 0.5) is 0 Å². The summed E-state index contributed by atoms with van der Waals surface area (Å²) >= 11 is 0. The van der Waals surface area contributed by atoms with Crippen molar-refractivity contribution in [3.05, 3.63) is 35.9 Å². The minimum Gasteiger partial charge on any atom is -0.348 e. The Morgan fingerprint density at radius 1 is 1.25 bits per heavy atom. The van der Waals surface area contributed by atoms with E-state index >= 15 is 0 Å². The second-order valence-corrected chi connectivity index (χ2v) is 6.41. The van der Waals surface area contributed by atoms with Gasteiger partial charge in [-0.15, -0.1) is 0 Å². The van der Waals surface area contributed by atoms with Crippen molar-refractivity contribution < 1.29 is 4.79 Å². The zero-order chi connectivity index (χ0) is 13.9. The molecular formula is C17H24N2O. The van der Waals surface area contributed by atoms with E-state index in [0.717, 1.165) is 17.4 Å². The summed E-state index contributed by atoms with van der Waals surface area (Å²) in [6, 6.07) is 9.95. The van der Waals surface area contributed by atoms with Crippen molar-refractivity contribution in [1.82, 2.24) is 5.32 Å². The normalized spacial score (nSPS) is 29.4. The van der Waals surface area contributed by atoms with E-state index in [1.54, 1.807) is 0 Å². The molecule has 2 aliphatic rings. The standard InChI is InChI=1S/C17H24N2O/c18-11-16(13-4-2-1-3-5-13)19-17(20)10-15-9-12-6-7-14(15)8-12/h1-5,12,14-16H,6-11,18H2,(H,19,20). The number of carbonyl (C=O) groups is 1. The molecule has 0 radical (unpaired) electrons. The van der Waals surface area contributed by atoms with Gasteiger partial charge in [0.25, 0.3) is 0 Å². The van der Waals surface area contributed by atoms with Crippen LogP contribution in [0.25, 0.3) is 0 Å². The van der Waals surface area contributed by atoms with Gasteiger partial charge in [-0.2, -0.15) is 0 Å². The summed E-state index contributed by atoms with van der Waals surface area (Å²) in [4.78, 5) is 12.3. The maximum Gasteiger partial charge on any atom is 0.220 e. The molecule has 3 heteroatoms. The number of rotatable bonds is 5. The summed E-state index contributed by atoms with van der Waals surface area (Å²) in [5, 5.41) is 3.11. The van der Waals surface area contributed by atoms with E-state index in [0.29, 0.717) is 18.9 Å². The number of benzene rings is 1. The third-order valence-electron chi connectivity index (χ3n) is 5.10. The highest BCUT2D eigenvalue weighted by molar-refractivity contribution is 5.76. The zero-order valence-electron chi connectivity index (χ0n) is 11.9. The Labute approximate surface area is 120 Å². The summed E-state index contributed by atoms with van der Waals surface area (Å²) in [5.74, 6) is 2.49. The molecule has 3 rings (SSSR count). The number of nitrogens with two attached hydrogens (primary N) is 1. The van der Waals surface area contributed by atoms with Gasteiger partial charge in [-0.3, -0.25) is 4.79 Å². The molecule has 108 valence electrons. The van der Waals surface area contributed by atoms with Crippen molar-refractivity contribution >= 4 is 5.91 Å². The summed E-state index contributed by atoms with van der Waals surface area (Å²) in [6.07, 6.45) is 6.03. The zero-order valence-corrected chi connectivity index (χ0v) is 11.9. The van der Waals surface area contributed by atoms with Gasteiger partial charge in [-0.25, -0.2) is 0 Å². The molecule has 0 spiro atoms. The van der Waals surface area contributed by atoms with Gasteiger partial charge in [0.2, 0.25) is 5.91 Å². The molecule has 1 amide bonds. The number of hydrogen-bond donors (Lipinski definition) is 2. The Bertz CT molecular complexity index is 459. The Kier molecular flexibility index (Phi) is 4.06. The van der Waals surface area contributed by atoms with Gasteiger partial charge in [-0.05, 0) is 42.6 Å². The van der Waals surface area contributed by atoms with Crippen molar-refractivity contribution in [1.29, 1.82) is 0 Å². The lowest BCUT2D eigenvalue weighted by atomic mass is 9.86. The van der Waals surface area contributed by atoms with Crippen LogP contribution in [-0.4, -0.2) is 12.5 Å². The van der Waals surface area contributed by atoms with Crippen LogP contribution in [0.15, 0.2) is 30.3 Å². The molecule has 2 saturated carbocycles. The van der Waals surface area contributed by atoms with Crippen LogP contribution in [0, 0.1) is 17.8 Å². The quantitative estimate of drug-likeness (QED) is 0.865. The lowest BCUT2D eigenvalue weighted by Gasteiger charge is -2.23. The molecule has 0 aliphatic heterocycles. The van der Waals surface area contributed by atoms with Crippen LogP contribution in [-0.2, 0) is 4.79 Å². The molecular weight excluding hydrogens is 248 g/mol. The Morgan fingerprint density at radius 3 is 2.65 bits per heavy atom. The molecule has 4 atom stereocenters. The van der Waals surface area contributed by atoms with Gasteiger partial charge >= 0.3 is 0 Å². The first kappa shape index (κ1) is 13.6. The minimum atomic E-state index is -0.0534. The highest BCUT2D eigenvalue weighted by Crippen LogP contribution is 2.49. The van der Waals surface area contributed by atoms with Crippen molar-refractivity contribution in [2.24, 2.45) is 23.5 Å². The number of carbonyl (C=O) groups excluding carboxylic acids is 1. The van der Waals surface area contributed by atoms with Crippen molar-refractivity contribution in [2.75, 3.05) is 6.54 Å². The average Bonchev–Trinajstić information content (AvgIpc) is 3.08. The summed E-state index contributed by atoms with van der Waals surface area (Å²) < 4.78 is 0.